The normalized spacial score (nSPS) is 11.2. The van der Waals surface area contributed by atoms with E-state index < -0.39 is 0 Å². The number of nitrogens with zero attached hydrogens (tertiary/aromatic N) is 2. The smallest absolute Gasteiger partial charge is 0.0703 e. The van der Waals surface area contributed by atoms with Crippen LogP contribution in [0.2, 0.25) is 0 Å². The summed E-state index contributed by atoms with van der Waals surface area (Å²) >= 11 is 1.71. The lowest BCUT2D eigenvalue weighted by Gasteiger charge is -2.15. The molecular formula is C12H18N4S. The van der Waals surface area contributed by atoms with E-state index in [1.807, 2.05) is 13.2 Å². The number of thiophene rings is 1. The largest absolute Gasteiger partial charge is 0.318 e. The van der Waals surface area contributed by atoms with Crippen LogP contribution in [0, 0.1) is 0 Å². The molecule has 0 spiro atoms. The van der Waals surface area contributed by atoms with Crippen molar-refractivity contribution < 1.29 is 0 Å². The van der Waals surface area contributed by atoms with Crippen molar-refractivity contribution in [3.8, 4) is 11.3 Å². The minimum atomic E-state index is 0.920. The number of nitrogens with one attached hydrogen (secondary N) is 2. The van der Waals surface area contributed by atoms with Crippen molar-refractivity contribution in [2.75, 3.05) is 27.2 Å². The number of aromatic nitrogens is 2. The first-order valence-corrected chi connectivity index (χ1v) is 6.63. The molecule has 0 atom stereocenters. The van der Waals surface area contributed by atoms with Crippen LogP contribution in [-0.4, -0.2) is 42.3 Å². The Morgan fingerprint density at radius 3 is 3.12 bits per heavy atom. The molecule has 2 N–H and O–H groups in total. The van der Waals surface area contributed by atoms with Crippen molar-refractivity contribution in [2.24, 2.45) is 0 Å². The van der Waals surface area contributed by atoms with Crippen LogP contribution in [-0.2, 0) is 6.54 Å². The SMILES string of the molecule is CNCCN(C)Cc1cn[nH]c1-c1ccsc1. The van der Waals surface area contributed by atoms with Crippen molar-refractivity contribution >= 4 is 11.3 Å². The average Bonchev–Trinajstić information content (AvgIpc) is 2.95. The first kappa shape index (κ1) is 12.3. The van der Waals surface area contributed by atoms with Gasteiger partial charge in [-0.25, -0.2) is 0 Å². The van der Waals surface area contributed by atoms with Crippen LogP contribution in [0.25, 0.3) is 11.3 Å². The summed E-state index contributed by atoms with van der Waals surface area (Å²) in [5.41, 5.74) is 3.62. The first-order chi connectivity index (χ1) is 8.31. The third-order valence-corrected chi connectivity index (χ3v) is 3.39. The highest BCUT2D eigenvalue weighted by molar-refractivity contribution is 7.08. The number of likely N-dealkylation sites (N-methyl/N-ethyl adjacent to an activating group) is 2. The number of H-pyrrole nitrogens is 1. The molecule has 2 heterocycles. The zero-order valence-corrected chi connectivity index (χ0v) is 11.0. The predicted octanol–water partition coefficient (Wildman–Crippen LogP) is 1.79. The molecule has 92 valence electrons. The van der Waals surface area contributed by atoms with Crippen LogP contribution in [0.3, 0.4) is 0 Å². The van der Waals surface area contributed by atoms with Gasteiger partial charge in [-0.1, -0.05) is 0 Å². The van der Waals surface area contributed by atoms with Crippen LogP contribution in [0.1, 0.15) is 5.56 Å². The topological polar surface area (TPSA) is 44.0 Å². The van der Waals surface area contributed by atoms with E-state index in [1.54, 1.807) is 11.3 Å². The number of rotatable bonds is 6. The van der Waals surface area contributed by atoms with E-state index in [2.05, 4.69) is 44.3 Å². The van der Waals surface area contributed by atoms with Gasteiger partial charge in [0.15, 0.2) is 0 Å². The molecule has 17 heavy (non-hydrogen) atoms. The fourth-order valence-electron chi connectivity index (χ4n) is 1.76. The van der Waals surface area contributed by atoms with Gasteiger partial charge >= 0.3 is 0 Å². The predicted molar refractivity (Wildman–Crippen MR) is 72.2 cm³/mol. The van der Waals surface area contributed by atoms with Crippen LogP contribution in [0.4, 0.5) is 0 Å². The number of hydrogen-bond donors (Lipinski definition) is 2. The van der Waals surface area contributed by atoms with Gasteiger partial charge in [0.1, 0.15) is 0 Å². The summed E-state index contributed by atoms with van der Waals surface area (Å²) in [6, 6.07) is 2.12. The average molecular weight is 250 g/mol. The molecule has 0 unspecified atom stereocenters. The molecule has 0 fully saturated rings. The van der Waals surface area contributed by atoms with Gasteiger partial charge in [0, 0.05) is 36.1 Å². The van der Waals surface area contributed by atoms with Gasteiger partial charge in [-0.15, -0.1) is 0 Å². The zero-order chi connectivity index (χ0) is 12.1. The van der Waals surface area contributed by atoms with E-state index in [0.717, 1.165) is 25.3 Å². The fourth-order valence-corrected chi connectivity index (χ4v) is 2.41. The first-order valence-electron chi connectivity index (χ1n) is 5.69. The van der Waals surface area contributed by atoms with Crippen molar-refractivity contribution in [3.63, 3.8) is 0 Å². The van der Waals surface area contributed by atoms with Gasteiger partial charge in [0.05, 0.1) is 11.9 Å². The Morgan fingerprint density at radius 2 is 2.41 bits per heavy atom. The summed E-state index contributed by atoms with van der Waals surface area (Å²) < 4.78 is 0. The molecule has 2 aromatic heterocycles. The lowest BCUT2D eigenvalue weighted by atomic mass is 10.1. The monoisotopic (exact) mass is 250 g/mol. The molecule has 0 aliphatic carbocycles. The number of aromatic amines is 1. The molecule has 0 bridgehead atoms. The summed E-state index contributed by atoms with van der Waals surface area (Å²) in [7, 11) is 4.10. The highest BCUT2D eigenvalue weighted by Crippen LogP contribution is 2.24. The molecule has 0 aliphatic heterocycles. The van der Waals surface area contributed by atoms with Gasteiger partial charge in [-0.2, -0.15) is 16.4 Å². The van der Waals surface area contributed by atoms with Crippen LogP contribution < -0.4 is 5.32 Å². The minimum absolute atomic E-state index is 0.920. The molecule has 0 aromatic carbocycles. The Morgan fingerprint density at radius 1 is 1.53 bits per heavy atom. The summed E-state index contributed by atoms with van der Waals surface area (Å²) in [6.07, 6.45) is 1.92. The summed E-state index contributed by atoms with van der Waals surface area (Å²) in [5.74, 6) is 0. The maximum atomic E-state index is 4.15. The molecule has 0 aliphatic rings. The highest BCUT2D eigenvalue weighted by atomic mass is 32.1. The van der Waals surface area contributed by atoms with E-state index in [1.165, 1.54) is 11.1 Å². The van der Waals surface area contributed by atoms with Crippen molar-refractivity contribution in [1.82, 2.24) is 20.4 Å². The van der Waals surface area contributed by atoms with Crippen LogP contribution in [0.5, 0.6) is 0 Å². The maximum absolute atomic E-state index is 4.15. The fraction of sp³-hybridized carbons (Fsp3) is 0.417. The van der Waals surface area contributed by atoms with Crippen molar-refractivity contribution in [2.45, 2.75) is 6.54 Å². The van der Waals surface area contributed by atoms with Gasteiger partial charge in [0.25, 0.3) is 0 Å². The molecule has 0 saturated heterocycles. The lowest BCUT2D eigenvalue weighted by Crippen LogP contribution is -2.26. The molecular weight excluding hydrogens is 232 g/mol. The minimum Gasteiger partial charge on any atom is -0.318 e. The zero-order valence-electron chi connectivity index (χ0n) is 10.2. The molecule has 0 radical (unpaired) electrons. The lowest BCUT2D eigenvalue weighted by molar-refractivity contribution is 0.328. The Balaban J connectivity index is 2.04. The summed E-state index contributed by atoms with van der Waals surface area (Å²) in [4.78, 5) is 2.29. The van der Waals surface area contributed by atoms with E-state index in [4.69, 9.17) is 0 Å². The van der Waals surface area contributed by atoms with E-state index >= 15 is 0 Å². The molecule has 0 amide bonds. The Hall–Kier alpha value is -1.17. The standard InChI is InChI=1S/C12H18N4S/c1-13-4-5-16(2)8-11-7-14-15-12(11)10-3-6-17-9-10/h3,6-7,9,13H,4-5,8H2,1-2H3,(H,14,15). The van der Waals surface area contributed by atoms with Crippen LogP contribution >= 0.6 is 11.3 Å². The Bertz CT molecular complexity index is 435. The quantitative estimate of drug-likeness (QED) is 0.821. The Kier molecular flexibility index (Phi) is 4.30. The van der Waals surface area contributed by atoms with Crippen molar-refractivity contribution in [3.05, 3.63) is 28.6 Å². The van der Waals surface area contributed by atoms with Gasteiger partial charge in [-0.3, -0.25) is 5.10 Å². The second-order valence-corrected chi connectivity index (χ2v) is 4.90. The summed E-state index contributed by atoms with van der Waals surface area (Å²) in [6.45, 7) is 2.95. The number of hydrogen-bond acceptors (Lipinski definition) is 4. The summed E-state index contributed by atoms with van der Waals surface area (Å²) in [5, 5.41) is 14.6. The van der Waals surface area contributed by atoms with Gasteiger partial charge in [0.2, 0.25) is 0 Å². The van der Waals surface area contributed by atoms with Crippen molar-refractivity contribution in [1.29, 1.82) is 0 Å². The second kappa shape index (κ2) is 5.95. The third kappa shape index (κ3) is 3.15. The molecule has 2 rings (SSSR count). The van der Waals surface area contributed by atoms with E-state index in [9.17, 15) is 0 Å². The van der Waals surface area contributed by atoms with Crippen LogP contribution in [0.15, 0.2) is 23.0 Å². The maximum Gasteiger partial charge on any atom is 0.0703 e. The van der Waals surface area contributed by atoms with E-state index in [-0.39, 0.29) is 0 Å². The third-order valence-electron chi connectivity index (χ3n) is 2.71. The molecule has 0 saturated carbocycles. The highest BCUT2D eigenvalue weighted by Gasteiger charge is 2.09. The molecule has 2 aromatic rings. The molecule has 5 heteroatoms. The van der Waals surface area contributed by atoms with E-state index in [0.29, 0.717) is 0 Å². The Labute approximate surface area is 106 Å². The second-order valence-electron chi connectivity index (χ2n) is 4.12. The van der Waals surface area contributed by atoms with Gasteiger partial charge in [-0.05, 0) is 25.5 Å². The molecule has 4 nitrogen and oxygen atoms in total. The van der Waals surface area contributed by atoms with Gasteiger partial charge < -0.3 is 10.2 Å².